The Labute approximate surface area is 93.5 Å². The van der Waals surface area contributed by atoms with Crippen LogP contribution < -0.4 is 29.6 Å². The molecular weight excluding hydrogens is 161 g/mol. The maximum atomic E-state index is 11.0. The van der Waals surface area contributed by atoms with Gasteiger partial charge in [0.05, 0.1) is 12.5 Å². The molecular formula is C9H7NNaO+. The third-order valence-electron chi connectivity index (χ3n) is 1.34. The van der Waals surface area contributed by atoms with Gasteiger partial charge in [-0.15, -0.1) is 0 Å². The van der Waals surface area contributed by atoms with Crippen molar-refractivity contribution in [3.05, 3.63) is 35.9 Å². The molecule has 0 saturated heterocycles. The van der Waals surface area contributed by atoms with Crippen LogP contribution in [0.5, 0.6) is 0 Å². The van der Waals surface area contributed by atoms with E-state index in [1.54, 1.807) is 24.3 Å². The van der Waals surface area contributed by atoms with E-state index in [4.69, 9.17) is 5.26 Å². The van der Waals surface area contributed by atoms with Gasteiger partial charge < -0.3 is 0 Å². The van der Waals surface area contributed by atoms with E-state index in [2.05, 4.69) is 0 Å². The maximum Gasteiger partial charge on any atom is 1.00 e. The van der Waals surface area contributed by atoms with Gasteiger partial charge in [0.15, 0.2) is 5.78 Å². The van der Waals surface area contributed by atoms with Crippen LogP contribution in [-0.2, 0) is 0 Å². The van der Waals surface area contributed by atoms with Gasteiger partial charge in [-0.2, -0.15) is 5.26 Å². The van der Waals surface area contributed by atoms with Crippen molar-refractivity contribution in [3.63, 3.8) is 0 Å². The van der Waals surface area contributed by atoms with Crippen molar-refractivity contribution in [2.24, 2.45) is 0 Å². The summed E-state index contributed by atoms with van der Waals surface area (Å²) in [5, 5.41) is 8.23. The number of nitriles is 1. The van der Waals surface area contributed by atoms with Gasteiger partial charge in [-0.25, -0.2) is 0 Å². The monoisotopic (exact) mass is 168 g/mol. The van der Waals surface area contributed by atoms with E-state index in [0.717, 1.165) is 0 Å². The Morgan fingerprint density at radius 3 is 2.42 bits per heavy atom. The molecule has 1 aromatic carbocycles. The molecule has 12 heavy (non-hydrogen) atoms. The number of Topliss-reactive ketones (excluding diaryl/α,β-unsaturated/α-hetero) is 1. The molecule has 0 spiro atoms. The molecule has 0 fully saturated rings. The summed E-state index contributed by atoms with van der Waals surface area (Å²) in [4.78, 5) is 11.0. The summed E-state index contributed by atoms with van der Waals surface area (Å²) in [6.07, 6.45) is -0.0377. The fraction of sp³-hybridized carbons (Fsp3) is 0.111. The van der Waals surface area contributed by atoms with E-state index in [1.807, 2.05) is 12.1 Å². The van der Waals surface area contributed by atoms with Crippen molar-refractivity contribution >= 4 is 5.78 Å². The number of ketones is 1. The SMILES string of the molecule is N#CCC(=O)c1ccccc1.[Na+]. The summed E-state index contributed by atoms with van der Waals surface area (Å²) in [5.41, 5.74) is 0.606. The Kier molecular flexibility index (Phi) is 5.65. The van der Waals surface area contributed by atoms with Gasteiger partial charge in [0, 0.05) is 5.56 Å². The van der Waals surface area contributed by atoms with Crippen LogP contribution in [0.25, 0.3) is 0 Å². The summed E-state index contributed by atoms with van der Waals surface area (Å²) in [5.74, 6) is -0.117. The Bertz CT molecular complexity index is 289. The second kappa shape index (κ2) is 5.96. The van der Waals surface area contributed by atoms with Crippen LogP contribution >= 0.6 is 0 Å². The second-order valence-electron chi connectivity index (χ2n) is 2.12. The maximum absolute atomic E-state index is 11.0. The van der Waals surface area contributed by atoms with Gasteiger partial charge in [-0.05, 0) is 0 Å². The predicted octanol–water partition coefficient (Wildman–Crippen LogP) is -1.21. The Morgan fingerprint density at radius 1 is 1.33 bits per heavy atom. The summed E-state index contributed by atoms with van der Waals surface area (Å²) in [7, 11) is 0. The molecule has 1 aromatic rings. The van der Waals surface area contributed by atoms with Crippen LogP contribution in [0, 0.1) is 11.3 Å². The standard InChI is InChI=1S/C9H7NO.Na/c10-7-6-9(11)8-4-2-1-3-5-8;/h1-5H,6H2;/q;+1. The average molecular weight is 168 g/mol. The summed E-state index contributed by atoms with van der Waals surface area (Å²) >= 11 is 0. The van der Waals surface area contributed by atoms with Gasteiger partial charge in [0.25, 0.3) is 0 Å². The largest absolute Gasteiger partial charge is 1.00 e. The average Bonchev–Trinajstić information content (AvgIpc) is 2.07. The Hall–Kier alpha value is -0.620. The third-order valence-corrected chi connectivity index (χ3v) is 1.34. The van der Waals surface area contributed by atoms with Gasteiger partial charge in [0.1, 0.15) is 0 Å². The second-order valence-corrected chi connectivity index (χ2v) is 2.12. The van der Waals surface area contributed by atoms with Crippen molar-refractivity contribution in [2.45, 2.75) is 6.42 Å². The molecule has 0 radical (unpaired) electrons. The third kappa shape index (κ3) is 3.19. The molecule has 0 aliphatic carbocycles. The zero-order chi connectivity index (χ0) is 8.10. The quantitative estimate of drug-likeness (QED) is 0.410. The fourth-order valence-corrected chi connectivity index (χ4v) is 0.798. The molecule has 0 bridgehead atoms. The Balaban J connectivity index is 0.00000121. The first-order valence-corrected chi connectivity index (χ1v) is 3.30. The van der Waals surface area contributed by atoms with Crippen molar-refractivity contribution in [3.8, 4) is 6.07 Å². The van der Waals surface area contributed by atoms with Gasteiger partial charge in [-0.1, -0.05) is 30.3 Å². The first-order valence-electron chi connectivity index (χ1n) is 3.30. The molecule has 2 nitrogen and oxygen atoms in total. The minimum Gasteiger partial charge on any atom is -0.293 e. The predicted molar refractivity (Wildman–Crippen MR) is 41.0 cm³/mol. The van der Waals surface area contributed by atoms with Crippen LogP contribution in [0.3, 0.4) is 0 Å². The van der Waals surface area contributed by atoms with Crippen LogP contribution in [0.15, 0.2) is 30.3 Å². The summed E-state index contributed by atoms with van der Waals surface area (Å²) in [6.45, 7) is 0. The van der Waals surface area contributed by atoms with E-state index < -0.39 is 0 Å². The topological polar surface area (TPSA) is 40.9 Å². The molecule has 0 amide bonds. The van der Waals surface area contributed by atoms with Crippen LogP contribution in [0.2, 0.25) is 0 Å². The minimum atomic E-state index is -0.117. The number of hydrogen-bond donors (Lipinski definition) is 0. The van der Waals surface area contributed by atoms with Gasteiger partial charge in [0.2, 0.25) is 0 Å². The zero-order valence-electron chi connectivity index (χ0n) is 6.95. The molecule has 0 aliphatic heterocycles. The molecule has 0 N–H and O–H groups in total. The number of carbonyl (C=O) groups is 1. The zero-order valence-corrected chi connectivity index (χ0v) is 8.95. The molecule has 54 valence electrons. The Morgan fingerprint density at radius 2 is 1.92 bits per heavy atom. The first kappa shape index (κ1) is 11.4. The molecule has 0 saturated carbocycles. The molecule has 0 aliphatic rings. The van der Waals surface area contributed by atoms with Crippen molar-refractivity contribution in [2.75, 3.05) is 0 Å². The van der Waals surface area contributed by atoms with Crippen LogP contribution in [0.1, 0.15) is 16.8 Å². The number of hydrogen-bond acceptors (Lipinski definition) is 2. The number of carbonyl (C=O) groups excluding carboxylic acids is 1. The molecule has 1 rings (SSSR count). The summed E-state index contributed by atoms with van der Waals surface area (Å²) in [6, 6.07) is 10.6. The van der Waals surface area contributed by atoms with E-state index in [1.165, 1.54) is 0 Å². The van der Waals surface area contributed by atoms with Gasteiger partial charge in [-0.3, -0.25) is 4.79 Å². The van der Waals surface area contributed by atoms with Crippen molar-refractivity contribution in [1.29, 1.82) is 5.26 Å². The van der Waals surface area contributed by atoms with E-state index in [0.29, 0.717) is 5.56 Å². The smallest absolute Gasteiger partial charge is 0.293 e. The fourth-order valence-electron chi connectivity index (χ4n) is 0.798. The molecule has 0 unspecified atom stereocenters. The van der Waals surface area contributed by atoms with E-state index in [9.17, 15) is 4.79 Å². The van der Waals surface area contributed by atoms with Crippen molar-refractivity contribution in [1.82, 2.24) is 0 Å². The number of nitrogens with zero attached hydrogens (tertiary/aromatic N) is 1. The molecule has 0 atom stereocenters. The van der Waals surface area contributed by atoms with Crippen molar-refractivity contribution < 1.29 is 34.4 Å². The van der Waals surface area contributed by atoms with E-state index >= 15 is 0 Å². The molecule has 0 heterocycles. The van der Waals surface area contributed by atoms with Crippen LogP contribution in [0.4, 0.5) is 0 Å². The molecule has 3 heteroatoms. The summed E-state index contributed by atoms with van der Waals surface area (Å²) < 4.78 is 0. The number of benzene rings is 1. The normalized spacial score (nSPS) is 7.92. The van der Waals surface area contributed by atoms with Gasteiger partial charge >= 0.3 is 29.6 Å². The van der Waals surface area contributed by atoms with Crippen LogP contribution in [-0.4, -0.2) is 5.78 Å². The first-order chi connectivity index (χ1) is 5.34. The number of rotatable bonds is 2. The van der Waals surface area contributed by atoms with E-state index in [-0.39, 0.29) is 41.8 Å². The minimum absolute atomic E-state index is 0. The molecule has 0 aromatic heterocycles.